The highest BCUT2D eigenvalue weighted by Crippen LogP contribution is 2.24. The first-order chi connectivity index (χ1) is 14.6. The molecule has 0 bridgehead atoms. The zero-order valence-corrected chi connectivity index (χ0v) is 19.2. The second-order valence-corrected chi connectivity index (χ2v) is 10.2. The first-order valence-electron chi connectivity index (χ1n) is 9.81. The number of benzene rings is 3. The summed E-state index contributed by atoms with van der Waals surface area (Å²) in [4.78, 5) is 13.1. The van der Waals surface area contributed by atoms with Gasteiger partial charge in [0, 0.05) is 11.2 Å². The number of amides is 1. The fourth-order valence-corrected chi connectivity index (χ4v) is 4.47. The SMILES string of the molecule is Cc1ccc(S(=O)(=O)Nc2ccc(Cl)c(C(=O)NC(C)(C)Cc3ccccc3)c2)cc1. The molecule has 3 aromatic carbocycles. The maximum atomic E-state index is 12.9. The zero-order valence-electron chi connectivity index (χ0n) is 17.6. The summed E-state index contributed by atoms with van der Waals surface area (Å²) < 4.78 is 27.8. The number of hydrogen-bond donors (Lipinski definition) is 2. The quantitative estimate of drug-likeness (QED) is 0.513. The van der Waals surface area contributed by atoms with Crippen LogP contribution in [0, 0.1) is 6.92 Å². The molecule has 5 nitrogen and oxygen atoms in total. The Morgan fingerprint density at radius 3 is 2.26 bits per heavy atom. The molecule has 31 heavy (non-hydrogen) atoms. The number of sulfonamides is 1. The number of carbonyl (C=O) groups is 1. The van der Waals surface area contributed by atoms with Gasteiger partial charge in [-0.2, -0.15) is 0 Å². The van der Waals surface area contributed by atoms with Crippen molar-refractivity contribution in [2.45, 2.75) is 37.6 Å². The van der Waals surface area contributed by atoms with E-state index >= 15 is 0 Å². The van der Waals surface area contributed by atoms with Gasteiger partial charge in [0.25, 0.3) is 15.9 Å². The number of nitrogens with one attached hydrogen (secondary N) is 2. The highest BCUT2D eigenvalue weighted by Gasteiger charge is 2.24. The van der Waals surface area contributed by atoms with Crippen LogP contribution in [0.4, 0.5) is 5.69 Å². The molecule has 0 heterocycles. The van der Waals surface area contributed by atoms with Crippen molar-refractivity contribution in [1.29, 1.82) is 0 Å². The Labute approximate surface area is 188 Å². The van der Waals surface area contributed by atoms with E-state index in [2.05, 4.69) is 10.0 Å². The summed E-state index contributed by atoms with van der Waals surface area (Å²) in [5.41, 5.74) is 1.99. The maximum Gasteiger partial charge on any atom is 0.261 e. The third-order valence-electron chi connectivity index (χ3n) is 4.74. The number of rotatable bonds is 7. The van der Waals surface area contributed by atoms with E-state index in [0.717, 1.165) is 11.1 Å². The Morgan fingerprint density at radius 2 is 1.61 bits per heavy atom. The predicted molar refractivity (Wildman–Crippen MR) is 125 cm³/mol. The van der Waals surface area contributed by atoms with E-state index in [1.807, 2.05) is 51.1 Å². The molecule has 7 heteroatoms. The van der Waals surface area contributed by atoms with Gasteiger partial charge in [-0.3, -0.25) is 9.52 Å². The number of aryl methyl sites for hydroxylation is 1. The van der Waals surface area contributed by atoms with Crippen molar-refractivity contribution >= 4 is 33.2 Å². The van der Waals surface area contributed by atoms with Gasteiger partial charge in [0.1, 0.15) is 0 Å². The third kappa shape index (κ3) is 6.09. The average molecular weight is 457 g/mol. The summed E-state index contributed by atoms with van der Waals surface area (Å²) in [6.07, 6.45) is 0.636. The maximum absolute atomic E-state index is 12.9. The summed E-state index contributed by atoms with van der Waals surface area (Å²) in [5, 5.41) is 3.23. The molecule has 1 amide bonds. The minimum Gasteiger partial charge on any atom is -0.347 e. The van der Waals surface area contributed by atoms with Crippen LogP contribution in [0.1, 0.15) is 35.3 Å². The van der Waals surface area contributed by atoms with Gasteiger partial charge >= 0.3 is 0 Å². The molecule has 0 atom stereocenters. The number of hydrogen-bond acceptors (Lipinski definition) is 3. The molecule has 0 aliphatic carbocycles. The van der Waals surface area contributed by atoms with Crippen LogP contribution in [0.25, 0.3) is 0 Å². The third-order valence-corrected chi connectivity index (χ3v) is 6.46. The van der Waals surface area contributed by atoms with Gasteiger partial charge in [-0.15, -0.1) is 0 Å². The Kier molecular flexibility index (Phi) is 6.72. The van der Waals surface area contributed by atoms with Gasteiger partial charge < -0.3 is 5.32 Å². The van der Waals surface area contributed by atoms with E-state index in [0.29, 0.717) is 6.42 Å². The summed E-state index contributed by atoms with van der Waals surface area (Å²) in [6, 6.07) is 20.9. The van der Waals surface area contributed by atoms with E-state index < -0.39 is 15.6 Å². The number of carbonyl (C=O) groups excluding carboxylic acids is 1. The van der Waals surface area contributed by atoms with Crippen LogP contribution in [0.3, 0.4) is 0 Å². The first kappa shape index (κ1) is 22.8. The van der Waals surface area contributed by atoms with Crippen molar-refractivity contribution in [3.05, 3.63) is 94.5 Å². The Morgan fingerprint density at radius 1 is 0.968 bits per heavy atom. The summed E-state index contributed by atoms with van der Waals surface area (Å²) in [5.74, 6) is -0.373. The molecule has 0 saturated carbocycles. The molecular formula is C24H25ClN2O3S. The van der Waals surface area contributed by atoms with Gasteiger partial charge in [-0.1, -0.05) is 59.6 Å². The number of anilines is 1. The largest absolute Gasteiger partial charge is 0.347 e. The topological polar surface area (TPSA) is 75.3 Å². The minimum atomic E-state index is -3.79. The van der Waals surface area contributed by atoms with Gasteiger partial charge in [-0.25, -0.2) is 8.42 Å². The molecule has 0 saturated heterocycles. The molecule has 0 spiro atoms. The molecule has 0 aliphatic rings. The predicted octanol–water partition coefficient (Wildman–Crippen LogP) is 5.20. The second-order valence-electron chi connectivity index (χ2n) is 8.11. The van der Waals surface area contributed by atoms with Crippen LogP contribution in [0.5, 0.6) is 0 Å². The Balaban J connectivity index is 1.78. The van der Waals surface area contributed by atoms with Crippen molar-refractivity contribution in [3.63, 3.8) is 0 Å². The summed E-state index contributed by atoms with van der Waals surface area (Å²) in [6.45, 7) is 5.73. The van der Waals surface area contributed by atoms with Crippen LogP contribution in [0.2, 0.25) is 5.02 Å². The van der Waals surface area contributed by atoms with Gasteiger partial charge in [0.2, 0.25) is 0 Å². The van der Waals surface area contributed by atoms with Crippen molar-refractivity contribution < 1.29 is 13.2 Å². The summed E-state index contributed by atoms with van der Waals surface area (Å²) in [7, 11) is -3.79. The second kappa shape index (κ2) is 9.12. The lowest BCUT2D eigenvalue weighted by atomic mass is 9.94. The fraction of sp³-hybridized carbons (Fsp3) is 0.208. The van der Waals surface area contributed by atoms with Gasteiger partial charge in [-0.05, 0) is 63.1 Å². The highest BCUT2D eigenvalue weighted by molar-refractivity contribution is 7.92. The van der Waals surface area contributed by atoms with Crippen molar-refractivity contribution in [1.82, 2.24) is 5.32 Å². The van der Waals surface area contributed by atoms with Crippen LogP contribution < -0.4 is 10.0 Å². The van der Waals surface area contributed by atoms with E-state index in [-0.39, 0.29) is 27.1 Å². The minimum absolute atomic E-state index is 0.142. The molecular weight excluding hydrogens is 432 g/mol. The molecule has 0 radical (unpaired) electrons. The van der Waals surface area contributed by atoms with E-state index in [1.165, 1.54) is 30.3 Å². The normalized spacial score (nSPS) is 11.7. The van der Waals surface area contributed by atoms with Gasteiger partial charge in [0.15, 0.2) is 0 Å². The van der Waals surface area contributed by atoms with Crippen molar-refractivity contribution in [2.24, 2.45) is 0 Å². The zero-order chi connectivity index (χ0) is 22.6. The van der Waals surface area contributed by atoms with Gasteiger partial charge in [0.05, 0.1) is 15.5 Å². The average Bonchev–Trinajstić information content (AvgIpc) is 2.69. The van der Waals surface area contributed by atoms with Crippen molar-refractivity contribution in [2.75, 3.05) is 4.72 Å². The molecule has 3 aromatic rings. The Hall–Kier alpha value is -2.83. The standard InChI is InChI=1S/C24H25ClN2O3S/c1-17-9-12-20(13-10-17)31(29,30)27-19-11-14-22(25)21(15-19)23(28)26-24(2,3)16-18-7-5-4-6-8-18/h4-15,27H,16H2,1-3H3,(H,26,28). The number of halogens is 1. The van der Waals surface area contributed by atoms with Crippen LogP contribution in [-0.2, 0) is 16.4 Å². The van der Waals surface area contributed by atoms with Crippen LogP contribution in [-0.4, -0.2) is 19.9 Å². The molecule has 162 valence electrons. The smallest absolute Gasteiger partial charge is 0.261 e. The molecule has 2 N–H and O–H groups in total. The molecule has 0 fully saturated rings. The first-order valence-corrected chi connectivity index (χ1v) is 11.7. The van der Waals surface area contributed by atoms with E-state index in [9.17, 15) is 13.2 Å². The lowest BCUT2D eigenvalue weighted by Crippen LogP contribution is -2.45. The van der Waals surface area contributed by atoms with E-state index in [4.69, 9.17) is 11.6 Å². The molecule has 0 unspecified atom stereocenters. The van der Waals surface area contributed by atoms with Crippen LogP contribution >= 0.6 is 11.6 Å². The molecule has 3 rings (SSSR count). The lowest BCUT2D eigenvalue weighted by molar-refractivity contribution is 0.0913. The molecule has 0 aliphatic heterocycles. The lowest BCUT2D eigenvalue weighted by Gasteiger charge is -2.27. The fourth-order valence-electron chi connectivity index (χ4n) is 3.22. The van der Waals surface area contributed by atoms with Crippen LogP contribution in [0.15, 0.2) is 77.7 Å². The monoisotopic (exact) mass is 456 g/mol. The van der Waals surface area contributed by atoms with Crippen molar-refractivity contribution in [3.8, 4) is 0 Å². The summed E-state index contributed by atoms with van der Waals surface area (Å²) >= 11 is 6.25. The van der Waals surface area contributed by atoms with E-state index in [1.54, 1.807) is 12.1 Å². The Bertz CT molecular complexity index is 1180. The molecule has 0 aromatic heterocycles. The highest BCUT2D eigenvalue weighted by atomic mass is 35.5.